The minimum absolute atomic E-state index is 0.105. The van der Waals surface area contributed by atoms with Gasteiger partial charge in [0.2, 0.25) is 5.91 Å². The van der Waals surface area contributed by atoms with E-state index in [1.807, 2.05) is 20.0 Å². The molecule has 1 aliphatic carbocycles. The number of hydrogen-bond acceptors (Lipinski definition) is 7. The number of anilines is 1. The summed E-state index contributed by atoms with van der Waals surface area (Å²) in [6, 6.07) is 3.89. The van der Waals surface area contributed by atoms with Crippen molar-refractivity contribution in [2.24, 2.45) is 24.1 Å². The normalized spacial score (nSPS) is 21.5. The molecule has 2 fully saturated rings. The number of aromatic nitrogens is 5. The van der Waals surface area contributed by atoms with Gasteiger partial charge in [-0.05, 0) is 24.8 Å². The van der Waals surface area contributed by atoms with E-state index in [1.54, 1.807) is 26.5 Å². The van der Waals surface area contributed by atoms with Crippen LogP contribution in [0.1, 0.15) is 30.1 Å². The number of amides is 2. The lowest BCUT2D eigenvalue weighted by atomic mass is 10.1. The van der Waals surface area contributed by atoms with Crippen molar-refractivity contribution in [3.8, 4) is 17.5 Å². The zero-order chi connectivity index (χ0) is 22.6. The zero-order valence-electron chi connectivity index (χ0n) is 17.8. The average Bonchev–Trinajstić information content (AvgIpc) is 3.04. The molecular weight excluding hydrogens is 410 g/mol. The lowest BCUT2D eigenvalue weighted by Crippen LogP contribution is -2.36. The molecule has 164 valence electrons. The summed E-state index contributed by atoms with van der Waals surface area (Å²) >= 11 is 0. The molecule has 4 heterocycles. The van der Waals surface area contributed by atoms with Crippen LogP contribution in [-0.4, -0.2) is 60.2 Å². The number of nitrogens with two attached hydrogens (primary N) is 1. The number of carbonyl (C=O) groups is 2. The Labute approximate surface area is 183 Å². The van der Waals surface area contributed by atoms with E-state index in [1.165, 1.54) is 6.20 Å². The first kappa shape index (κ1) is 20.0. The number of likely N-dealkylation sites (tertiary alicyclic amines) is 1. The van der Waals surface area contributed by atoms with Gasteiger partial charge in [0.05, 0.1) is 35.4 Å². The Morgan fingerprint density at radius 3 is 2.72 bits per heavy atom. The molecule has 0 bridgehead atoms. The van der Waals surface area contributed by atoms with Crippen LogP contribution in [0.15, 0.2) is 24.7 Å². The summed E-state index contributed by atoms with van der Waals surface area (Å²) in [5.74, 6) is -0.619. The Kier molecular flexibility index (Phi) is 4.40. The van der Waals surface area contributed by atoms with E-state index in [4.69, 9.17) is 5.73 Å². The smallest absolute Gasteiger partial charge is 0.252 e. The number of primary amides is 1. The lowest BCUT2D eigenvalue weighted by Gasteiger charge is -2.21. The van der Waals surface area contributed by atoms with Gasteiger partial charge in [0, 0.05) is 32.4 Å². The van der Waals surface area contributed by atoms with Crippen molar-refractivity contribution in [2.75, 3.05) is 18.4 Å². The van der Waals surface area contributed by atoms with Crippen LogP contribution in [0.4, 0.5) is 5.69 Å². The van der Waals surface area contributed by atoms with E-state index in [0.717, 1.165) is 5.69 Å². The monoisotopic (exact) mass is 433 g/mol. The fourth-order valence-corrected chi connectivity index (χ4v) is 4.32. The van der Waals surface area contributed by atoms with Crippen molar-refractivity contribution in [3.05, 3.63) is 30.2 Å². The number of imidazole rings is 1. The third kappa shape index (κ3) is 3.07. The van der Waals surface area contributed by atoms with Crippen molar-refractivity contribution in [3.63, 3.8) is 0 Å². The second-order valence-corrected chi connectivity index (χ2v) is 8.66. The number of hydrogen-bond donors (Lipinski definition) is 2. The van der Waals surface area contributed by atoms with Crippen molar-refractivity contribution >= 4 is 23.1 Å². The van der Waals surface area contributed by atoms with Gasteiger partial charge >= 0.3 is 0 Å². The van der Waals surface area contributed by atoms with E-state index in [2.05, 4.69) is 26.6 Å². The molecule has 32 heavy (non-hydrogen) atoms. The lowest BCUT2D eigenvalue weighted by molar-refractivity contribution is -0.134. The van der Waals surface area contributed by atoms with Crippen LogP contribution in [0.5, 0.6) is 0 Å². The van der Waals surface area contributed by atoms with Crippen molar-refractivity contribution < 1.29 is 9.59 Å². The topological polar surface area (TPSA) is 147 Å². The third-order valence-corrected chi connectivity index (χ3v) is 6.44. The molecule has 3 N–H and O–H groups in total. The molecule has 2 aliphatic rings. The Hall–Kier alpha value is -3.94. The Morgan fingerprint density at radius 2 is 2.09 bits per heavy atom. The van der Waals surface area contributed by atoms with Crippen molar-refractivity contribution in [1.29, 1.82) is 5.26 Å². The summed E-state index contributed by atoms with van der Waals surface area (Å²) in [4.78, 5) is 31.4. The first-order chi connectivity index (χ1) is 15.3. The highest BCUT2D eigenvalue weighted by atomic mass is 16.2. The second-order valence-electron chi connectivity index (χ2n) is 8.66. The van der Waals surface area contributed by atoms with Crippen LogP contribution in [0.3, 0.4) is 0 Å². The number of aryl methyl sites for hydroxylation is 1. The quantitative estimate of drug-likeness (QED) is 0.604. The maximum absolute atomic E-state index is 12.8. The van der Waals surface area contributed by atoms with Crippen molar-refractivity contribution in [1.82, 2.24) is 29.3 Å². The van der Waals surface area contributed by atoms with E-state index in [9.17, 15) is 14.9 Å². The van der Waals surface area contributed by atoms with Crippen LogP contribution >= 0.6 is 0 Å². The fraction of sp³-hybridized carbons (Fsp3) is 0.429. The summed E-state index contributed by atoms with van der Waals surface area (Å²) in [6.07, 6.45) is 6.10. The first-order valence-electron chi connectivity index (χ1n) is 10.5. The first-order valence-corrected chi connectivity index (χ1v) is 10.5. The van der Waals surface area contributed by atoms with E-state index in [-0.39, 0.29) is 23.4 Å². The molecule has 1 saturated carbocycles. The highest BCUT2D eigenvalue weighted by Gasteiger charge is 2.54. The molecule has 0 aromatic carbocycles. The van der Waals surface area contributed by atoms with Gasteiger partial charge in [0.25, 0.3) is 5.91 Å². The van der Waals surface area contributed by atoms with Crippen LogP contribution < -0.4 is 11.1 Å². The van der Waals surface area contributed by atoms with E-state index >= 15 is 0 Å². The molecule has 3 aromatic heterocycles. The average molecular weight is 433 g/mol. The van der Waals surface area contributed by atoms with E-state index < -0.39 is 11.3 Å². The van der Waals surface area contributed by atoms with Gasteiger partial charge in [-0.15, -0.1) is 0 Å². The van der Waals surface area contributed by atoms with Crippen LogP contribution in [-0.2, 0) is 11.8 Å². The van der Waals surface area contributed by atoms with Gasteiger partial charge in [-0.3, -0.25) is 14.3 Å². The Morgan fingerprint density at radius 1 is 1.31 bits per heavy atom. The SMILES string of the molecule is C[C@@H]1CN(C(=O)C2(C#N)CC2)C[C@@H]1Nc1c(C(N)=O)cnn2cc(-c3ccnn3C)nc12. The minimum Gasteiger partial charge on any atom is -0.376 e. The predicted octanol–water partition coefficient (Wildman–Crippen LogP) is 0.791. The molecule has 3 aromatic rings. The van der Waals surface area contributed by atoms with Gasteiger partial charge in [0.15, 0.2) is 5.65 Å². The Balaban J connectivity index is 1.49. The summed E-state index contributed by atoms with van der Waals surface area (Å²) in [5.41, 5.74) is 7.41. The van der Waals surface area contributed by atoms with Crippen LogP contribution in [0.25, 0.3) is 17.0 Å². The number of fused-ring (bicyclic) bond motifs is 1. The predicted molar refractivity (Wildman–Crippen MR) is 114 cm³/mol. The van der Waals surface area contributed by atoms with Crippen LogP contribution in [0, 0.1) is 22.7 Å². The minimum atomic E-state index is -0.849. The number of nitrogens with zero attached hydrogens (tertiary/aromatic N) is 7. The van der Waals surface area contributed by atoms with Crippen LogP contribution in [0.2, 0.25) is 0 Å². The van der Waals surface area contributed by atoms with E-state index in [0.29, 0.717) is 43.0 Å². The summed E-state index contributed by atoms with van der Waals surface area (Å²) < 4.78 is 3.30. The number of carbonyl (C=O) groups excluding carboxylic acids is 2. The largest absolute Gasteiger partial charge is 0.376 e. The van der Waals surface area contributed by atoms with Gasteiger partial charge in [-0.2, -0.15) is 15.5 Å². The molecule has 1 saturated heterocycles. The summed E-state index contributed by atoms with van der Waals surface area (Å²) in [7, 11) is 1.82. The molecule has 0 unspecified atom stereocenters. The maximum Gasteiger partial charge on any atom is 0.252 e. The number of nitriles is 1. The number of rotatable bonds is 5. The molecule has 1 aliphatic heterocycles. The molecule has 0 spiro atoms. The standard InChI is InChI=1S/C21H23N9O2/c1-12-8-29(20(32)21(11-22)4-5-21)9-14(12)26-17-13(18(23)31)7-25-30-10-15(27-19(17)30)16-3-6-24-28(16)2/h3,6-7,10,12,14,26H,4-5,8-9H2,1-2H3,(H2,23,31)/t12-,14+/m1/s1. The third-order valence-electron chi connectivity index (χ3n) is 6.44. The van der Waals surface area contributed by atoms with Gasteiger partial charge in [-0.25, -0.2) is 9.50 Å². The molecule has 11 nitrogen and oxygen atoms in total. The Bertz CT molecular complexity index is 1280. The summed E-state index contributed by atoms with van der Waals surface area (Å²) in [6.45, 7) is 3.01. The van der Waals surface area contributed by atoms with Gasteiger partial charge < -0.3 is 16.0 Å². The molecular formula is C21H23N9O2. The van der Waals surface area contributed by atoms with Gasteiger partial charge in [-0.1, -0.05) is 6.92 Å². The summed E-state index contributed by atoms with van der Waals surface area (Å²) in [5, 5.41) is 21.3. The molecule has 0 radical (unpaired) electrons. The molecule has 2 amide bonds. The highest BCUT2D eigenvalue weighted by Crippen LogP contribution is 2.47. The zero-order valence-corrected chi connectivity index (χ0v) is 17.8. The number of nitrogens with one attached hydrogen (secondary N) is 1. The molecule has 11 heteroatoms. The second kappa shape index (κ2) is 7.05. The highest BCUT2D eigenvalue weighted by molar-refractivity contribution is 6.01. The molecule has 2 atom stereocenters. The maximum atomic E-state index is 12.8. The van der Waals surface area contributed by atoms with Gasteiger partial charge in [0.1, 0.15) is 11.1 Å². The molecule has 5 rings (SSSR count). The fourth-order valence-electron chi connectivity index (χ4n) is 4.32. The van der Waals surface area contributed by atoms with Crippen molar-refractivity contribution in [2.45, 2.75) is 25.8 Å².